The highest BCUT2D eigenvalue weighted by Crippen LogP contribution is 2.39. The summed E-state index contributed by atoms with van der Waals surface area (Å²) in [6.45, 7) is 4.36. The van der Waals surface area contributed by atoms with Gasteiger partial charge in [0.25, 0.3) is 0 Å². The minimum absolute atomic E-state index is 0.00441. The average molecular weight is 312 g/mol. The molecule has 2 rings (SSSR count). The first-order valence-corrected chi connectivity index (χ1v) is 7.35. The lowest BCUT2D eigenvalue weighted by Gasteiger charge is -2.25. The number of carboxylic acid groups (broad SMARTS) is 1. The lowest BCUT2D eigenvalue weighted by Crippen LogP contribution is -2.55. The quantitative estimate of drug-likeness (QED) is 0.208. The molecular weight excluding hydrogens is 288 g/mol. The van der Waals surface area contributed by atoms with Gasteiger partial charge in [-0.25, -0.2) is 9.79 Å². The standard InChI is InChI=1S/C13H24N6O3/c1-5(2)9(14)11(20)18-10(12(21)22)7-3-6(17-13(15)16)8-4-19(7)8/h5-10H,3-4,14H2,1-2H3,(H,18,20)(H,21,22)(H4,15,16,17)/t6-,7-,8+,9+,10-,19?/m0/s1. The number of guanidine groups is 1. The molecule has 0 radical (unpaired) electrons. The van der Waals surface area contributed by atoms with Crippen LogP contribution in [0.15, 0.2) is 4.99 Å². The Bertz CT molecular complexity index is 490. The molecule has 2 aliphatic heterocycles. The number of nitrogens with zero attached hydrogens (tertiary/aromatic N) is 2. The number of aliphatic carboxylic acids is 1. The molecular formula is C13H24N6O3. The number of hydrogen-bond donors (Lipinski definition) is 5. The molecule has 0 aliphatic carbocycles. The van der Waals surface area contributed by atoms with E-state index < -0.39 is 24.0 Å². The van der Waals surface area contributed by atoms with Crippen LogP contribution >= 0.6 is 0 Å². The monoisotopic (exact) mass is 312 g/mol. The van der Waals surface area contributed by atoms with Crippen LogP contribution in [0.1, 0.15) is 20.3 Å². The summed E-state index contributed by atoms with van der Waals surface area (Å²) in [5, 5.41) is 12.0. The van der Waals surface area contributed by atoms with Crippen LogP contribution in [0, 0.1) is 5.92 Å². The largest absolute Gasteiger partial charge is 0.480 e. The molecule has 22 heavy (non-hydrogen) atoms. The zero-order valence-electron chi connectivity index (χ0n) is 12.8. The fourth-order valence-electron chi connectivity index (χ4n) is 2.97. The first-order valence-electron chi connectivity index (χ1n) is 7.35. The Hall–Kier alpha value is -1.87. The van der Waals surface area contributed by atoms with E-state index in [1.807, 2.05) is 18.7 Å². The topological polar surface area (TPSA) is 160 Å². The Balaban J connectivity index is 2.06. The molecule has 6 atom stereocenters. The van der Waals surface area contributed by atoms with Crippen LogP contribution in [-0.2, 0) is 9.59 Å². The number of aliphatic imine (C=N–C) groups is 1. The minimum Gasteiger partial charge on any atom is -0.480 e. The van der Waals surface area contributed by atoms with Gasteiger partial charge >= 0.3 is 5.97 Å². The summed E-state index contributed by atoms with van der Waals surface area (Å²) in [5.41, 5.74) is 16.6. The Morgan fingerprint density at radius 2 is 2.00 bits per heavy atom. The highest BCUT2D eigenvalue weighted by molar-refractivity contribution is 5.87. The number of fused-ring (bicyclic) bond motifs is 1. The maximum Gasteiger partial charge on any atom is 0.327 e. The van der Waals surface area contributed by atoms with Crippen LogP contribution in [0.25, 0.3) is 0 Å². The third-order valence-electron chi connectivity index (χ3n) is 4.33. The van der Waals surface area contributed by atoms with Crippen LogP contribution in [-0.4, -0.2) is 64.6 Å². The van der Waals surface area contributed by atoms with Gasteiger partial charge in [-0.3, -0.25) is 9.69 Å². The second kappa shape index (κ2) is 6.09. The second-order valence-corrected chi connectivity index (χ2v) is 6.28. The van der Waals surface area contributed by atoms with Gasteiger partial charge in [0.15, 0.2) is 5.96 Å². The molecule has 2 saturated heterocycles. The van der Waals surface area contributed by atoms with E-state index in [1.54, 1.807) is 0 Å². The summed E-state index contributed by atoms with van der Waals surface area (Å²) >= 11 is 0. The molecule has 8 N–H and O–H groups in total. The number of hydrogen-bond acceptors (Lipinski definition) is 5. The van der Waals surface area contributed by atoms with Gasteiger partial charge in [-0.2, -0.15) is 0 Å². The lowest BCUT2D eigenvalue weighted by molar-refractivity contribution is -0.143. The van der Waals surface area contributed by atoms with E-state index in [9.17, 15) is 14.7 Å². The lowest BCUT2D eigenvalue weighted by atomic mass is 9.99. The highest BCUT2D eigenvalue weighted by atomic mass is 16.4. The molecule has 124 valence electrons. The average Bonchev–Trinajstić information content (AvgIpc) is 3.13. The molecule has 1 unspecified atom stereocenters. The van der Waals surface area contributed by atoms with Crippen LogP contribution in [0.4, 0.5) is 0 Å². The smallest absolute Gasteiger partial charge is 0.327 e. The summed E-state index contributed by atoms with van der Waals surface area (Å²) in [6, 6.07) is -2.03. The van der Waals surface area contributed by atoms with Gasteiger partial charge in [0.1, 0.15) is 6.04 Å². The number of rotatable bonds is 6. The molecule has 2 fully saturated rings. The number of carboxylic acids is 1. The number of amides is 1. The molecule has 0 aromatic rings. The van der Waals surface area contributed by atoms with Gasteiger partial charge in [0.05, 0.1) is 12.1 Å². The SMILES string of the molecule is CC(C)[C@@H](N)C(=O)N[C@H](C(=O)O)[C@@H]1C[C@H](N=C(N)N)[C@H]2CN21. The zero-order chi connectivity index (χ0) is 16.6. The van der Waals surface area contributed by atoms with Crippen molar-refractivity contribution in [3.05, 3.63) is 0 Å². The third-order valence-corrected chi connectivity index (χ3v) is 4.33. The van der Waals surface area contributed by atoms with Gasteiger partial charge in [-0.1, -0.05) is 13.8 Å². The van der Waals surface area contributed by atoms with E-state index in [2.05, 4.69) is 10.3 Å². The van der Waals surface area contributed by atoms with Crippen LogP contribution in [0.2, 0.25) is 0 Å². The van der Waals surface area contributed by atoms with E-state index in [0.29, 0.717) is 6.42 Å². The van der Waals surface area contributed by atoms with Crippen molar-refractivity contribution in [3.8, 4) is 0 Å². The van der Waals surface area contributed by atoms with Crippen molar-refractivity contribution in [2.75, 3.05) is 6.54 Å². The molecule has 0 saturated carbocycles. The van der Waals surface area contributed by atoms with Crippen LogP contribution in [0.5, 0.6) is 0 Å². The van der Waals surface area contributed by atoms with Gasteiger partial charge in [-0.15, -0.1) is 0 Å². The van der Waals surface area contributed by atoms with Gasteiger partial charge in [0.2, 0.25) is 5.91 Å². The Morgan fingerprint density at radius 1 is 1.36 bits per heavy atom. The molecule has 2 heterocycles. The van der Waals surface area contributed by atoms with Crippen molar-refractivity contribution in [2.24, 2.45) is 28.1 Å². The Morgan fingerprint density at radius 3 is 2.50 bits per heavy atom. The van der Waals surface area contributed by atoms with E-state index in [4.69, 9.17) is 17.2 Å². The normalized spacial score (nSPS) is 32.0. The maximum absolute atomic E-state index is 12.1. The van der Waals surface area contributed by atoms with E-state index in [-0.39, 0.29) is 30.0 Å². The number of carbonyl (C=O) groups excluding carboxylic acids is 1. The van der Waals surface area contributed by atoms with Crippen molar-refractivity contribution in [1.29, 1.82) is 0 Å². The summed E-state index contributed by atoms with van der Waals surface area (Å²) < 4.78 is 0. The van der Waals surface area contributed by atoms with E-state index in [0.717, 1.165) is 6.54 Å². The van der Waals surface area contributed by atoms with Crippen molar-refractivity contribution >= 4 is 17.8 Å². The van der Waals surface area contributed by atoms with Gasteiger partial charge in [0, 0.05) is 18.6 Å². The number of carbonyl (C=O) groups is 2. The van der Waals surface area contributed by atoms with Gasteiger partial charge in [-0.05, 0) is 12.3 Å². The number of piperidine rings is 1. The Kier molecular flexibility index (Phi) is 4.57. The molecule has 9 heteroatoms. The van der Waals surface area contributed by atoms with Crippen LogP contribution in [0.3, 0.4) is 0 Å². The van der Waals surface area contributed by atoms with E-state index in [1.165, 1.54) is 0 Å². The second-order valence-electron chi connectivity index (χ2n) is 6.28. The molecule has 0 spiro atoms. The van der Waals surface area contributed by atoms with E-state index >= 15 is 0 Å². The van der Waals surface area contributed by atoms with Crippen molar-refractivity contribution in [2.45, 2.75) is 50.5 Å². The zero-order valence-corrected chi connectivity index (χ0v) is 12.8. The summed E-state index contributed by atoms with van der Waals surface area (Å²) in [5.74, 6) is -1.60. The third kappa shape index (κ3) is 3.30. The number of nitrogens with two attached hydrogens (primary N) is 3. The first kappa shape index (κ1) is 16.5. The molecule has 0 aromatic carbocycles. The minimum atomic E-state index is -1.08. The summed E-state index contributed by atoms with van der Waals surface area (Å²) in [7, 11) is 0. The van der Waals surface area contributed by atoms with Crippen molar-refractivity contribution in [3.63, 3.8) is 0 Å². The van der Waals surface area contributed by atoms with Crippen molar-refractivity contribution < 1.29 is 14.7 Å². The predicted molar refractivity (Wildman–Crippen MR) is 80.9 cm³/mol. The summed E-state index contributed by atoms with van der Waals surface area (Å²) in [4.78, 5) is 29.7. The molecule has 0 bridgehead atoms. The molecule has 9 nitrogen and oxygen atoms in total. The molecule has 1 amide bonds. The number of nitrogens with one attached hydrogen (secondary N) is 1. The first-order chi connectivity index (χ1) is 10.2. The predicted octanol–water partition coefficient (Wildman–Crippen LogP) is -2.36. The van der Waals surface area contributed by atoms with Crippen LogP contribution < -0.4 is 22.5 Å². The Labute approximate surface area is 128 Å². The fourth-order valence-corrected chi connectivity index (χ4v) is 2.97. The van der Waals surface area contributed by atoms with Crippen molar-refractivity contribution in [1.82, 2.24) is 10.2 Å². The highest BCUT2D eigenvalue weighted by Gasteiger charge is 2.56. The maximum atomic E-state index is 12.1. The fraction of sp³-hybridized carbons (Fsp3) is 0.769. The van der Waals surface area contributed by atoms with Gasteiger partial charge < -0.3 is 27.6 Å². The molecule has 0 aromatic heterocycles. The molecule has 2 aliphatic rings. The summed E-state index contributed by atoms with van der Waals surface area (Å²) in [6.07, 6.45) is 0.497.